The number of aromatic amines is 1. The highest BCUT2D eigenvalue weighted by Gasteiger charge is 2.14. The van der Waals surface area contributed by atoms with Crippen LogP contribution in [0.15, 0.2) is 40.2 Å². The van der Waals surface area contributed by atoms with E-state index in [2.05, 4.69) is 5.10 Å². The van der Waals surface area contributed by atoms with Gasteiger partial charge in [-0.15, -0.1) is 0 Å². The molecule has 0 aliphatic carbocycles. The molecule has 0 amide bonds. The van der Waals surface area contributed by atoms with E-state index >= 15 is 0 Å². The molecule has 9 heteroatoms. The van der Waals surface area contributed by atoms with Gasteiger partial charge in [-0.25, -0.2) is 9.48 Å². The van der Waals surface area contributed by atoms with Crippen molar-refractivity contribution < 1.29 is 22.9 Å². The van der Waals surface area contributed by atoms with Gasteiger partial charge in [-0.2, -0.15) is 8.42 Å². The summed E-state index contributed by atoms with van der Waals surface area (Å²) >= 11 is 0. The Morgan fingerprint density at radius 2 is 1.79 bits per heavy atom. The summed E-state index contributed by atoms with van der Waals surface area (Å²) in [5.74, 6) is -1.37. The largest absolute Gasteiger partial charge is 0.477 e. The van der Waals surface area contributed by atoms with Crippen molar-refractivity contribution in [2.45, 2.75) is 4.90 Å². The van der Waals surface area contributed by atoms with Gasteiger partial charge in [-0.05, 0) is 24.3 Å². The van der Waals surface area contributed by atoms with Gasteiger partial charge in [0.1, 0.15) is 5.56 Å². The summed E-state index contributed by atoms with van der Waals surface area (Å²) in [5, 5.41) is 11.2. The van der Waals surface area contributed by atoms with Crippen LogP contribution in [-0.4, -0.2) is 33.8 Å². The number of rotatable bonds is 3. The van der Waals surface area contributed by atoms with E-state index in [0.29, 0.717) is 0 Å². The molecule has 0 saturated heterocycles. The lowest BCUT2D eigenvalue weighted by molar-refractivity contribution is 0.0695. The summed E-state index contributed by atoms with van der Waals surface area (Å²) < 4.78 is 31.4. The van der Waals surface area contributed by atoms with E-state index in [1.54, 1.807) is 0 Å². The molecule has 0 saturated carbocycles. The fourth-order valence-electron chi connectivity index (χ4n) is 1.48. The zero-order valence-corrected chi connectivity index (χ0v) is 10.1. The summed E-state index contributed by atoms with van der Waals surface area (Å²) in [6, 6.07) is 4.70. The number of carboxylic acid groups (broad SMARTS) is 1. The predicted octanol–water partition coefficient (Wildman–Crippen LogP) is 0.110. The zero-order valence-electron chi connectivity index (χ0n) is 9.27. The Kier molecular flexibility index (Phi) is 3.00. The molecule has 0 radical (unpaired) electrons. The second-order valence-corrected chi connectivity index (χ2v) is 5.02. The van der Waals surface area contributed by atoms with Gasteiger partial charge in [0.05, 0.1) is 10.6 Å². The number of hydrogen-bond donors (Lipinski definition) is 3. The average Bonchev–Trinajstić information content (AvgIpc) is 2.70. The Balaban J connectivity index is 2.50. The number of H-pyrrole nitrogens is 1. The molecule has 1 heterocycles. The van der Waals surface area contributed by atoms with Crippen molar-refractivity contribution in [2.75, 3.05) is 0 Å². The Morgan fingerprint density at radius 1 is 1.21 bits per heavy atom. The molecular weight excluding hydrogens is 276 g/mol. The van der Waals surface area contributed by atoms with E-state index in [1.807, 2.05) is 0 Å². The molecule has 0 unspecified atom stereocenters. The molecule has 0 atom stereocenters. The minimum absolute atomic E-state index is 0.241. The number of carboxylic acids is 1. The van der Waals surface area contributed by atoms with Crippen LogP contribution in [0.3, 0.4) is 0 Å². The second kappa shape index (κ2) is 4.37. The maximum Gasteiger partial charge on any atom is 0.342 e. The van der Waals surface area contributed by atoms with Crippen LogP contribution in [0.4, 0.5) is 0 Å². The number of benzene rings is 1. The second-order valence-electron chi connectivity index (χ2n) is 3.60. The molecule has 100 valence electrons. The third kappa shape index (κ3) is 2.41. The van der Waals surface area contributed by atoms with E-state index in [-0.39, 0.29) is 10.6 Å². The van der Waals surface area contributed by atoms with Crippen molar-refractivity contribution in [2.24, 2.45) is 0 Å². The number of carbonyl (C=O) groups is 1. The van der Waals surface area contributed by atoms with Gasteiger partial charge in [0.25, 0.3) is 15.7 Å². The molecule has 8 nitrogen and oxygen atoms in total. The highest BCUT2D eigenvalue weighted by Crippen LogP contribution is 2.11. The number of aromatic nitrogens is 2. The topological polar surface area (TPSA) is 129 Å². The van der Waals surface area contributed by atoms with E-state index in [9.17, 15) is 18.0 Å². The SMILES string of the molecule is O=C(O)c1c[nH]n(-c2ccc(S(=O)(=O)O)cc2)c1=O. The lowest BCUT2D eigenvalue weighted by atomic mass is 10.3. The summed E-state index contributed by atoms with van der Waals surface area (Å²) in [7, 11) is -4.31. The van der Waals surface area contributed by atoms with E-state index in [1.165, 1.54) is 12.1 Å². The minimum Gasteiger partial charge on any atom is -0.477 e. The van der Waals surface area contributed by atoms with Gasteiger partial charge in [0.2, 0.25) is 0 Å². The maximum atomic E-state index is 11.7. The fourth-order valence-corrected chi connectivity index (χ4v) is 1.96. The Morgan fingerprint density at radius 3 is 2.21 bits per heavy atom. The molecular formula is C10H8N2O6S. The molecule has 3 N–H and O–H groups in total. The van der Waals surface area contributed by atoms with E-state index in [4.69, 9.17) is 9.66 Å². The standard InChI is InChI=1S/C10H8N2O6S/c13-9-8(10(14)15)5-11-12(9)6-1-3-7(4-2-6)19(16,17)18/h1-5,11H,(H,14,15)(H,16,17,18). The van der Waals surface area contributed by atoms with Crippen molar-refractivity contribution in [1.82, 2.24) is 9.78 Å². The smallest absolute Gasteiger partial charge is 0.342 e. The molecule has 1 aromatic carbocycles. The normalized spacial score (nSPS) is 11.4. The zero-order chi connectivity index (χ0) is 14.2. The van der Waals surface area contributed by atoms with Gasteiger partial charge in [0.15, 0.2) is 0 Å². The average molecular weight is 284 g/mol. The summed E-state index contributed by atoms with van der Waals surface area (Å²) in [6.07, 6.45) is 1.03. The van der Waals surface area contributed by atoms with E-state index < -0.39 is 27.2 Å². The van der Waals surface area contributed by atoms with Gasteiger partial charge in [-0.3, -0.25) is 14.4 Å². The molecule has 2 rings (SSSR count). The lowest BCUT2D eigenvalue weighted by Crippen LogP contribution is -2.19. The molecule has 0 aliphatic heterocycles. The van der Waals surface area contributed by atoms with Crippen molar-refractivity contribution in [3.05, 3.63) is 46.4 Å². The first-order valence-electron chi connectivity index (χ1n) is 4.92. The van der Waals surface area contributed by atoms with Gasteiger partial charge in [0, 0.05) is 6.20 Å². The first kappa shape index (κ1) is 13.1. The minimum atomic E-state index is -4.31. The predicted molar refractivity (Wildman–Crippen MR) is 63.2 cm³/mol. The molecule has 19 heavy (non-hydrogen) atoms. The Hall–Kier alpha value is -2.39. The number of nitrogens with one attached hydrogen (secondary N) is 1. The molecule has 0 fully saturated rings. The van der Waals surface area contributed by atoms with Crippen LogP contribution in [0.25, 0.3) is 5.69 Å². The van der Waals surface area contributed by atoms with Crippen LogP contribution in [0.2, 0.25) is 0 Å². The quantitative estimate of drug-likeness (QED) is 0.686. The summed E-state index contributed by atoms with van der Waals surface area (Å²) in [6.45, 7) is 0. The third-order valence-corrected chi connectivity index (χ3v) is 3.26. The highest BCUT2D eigenvalue weighted by atomic mass is 32.2. The van der Waals surface area contributed by atoms with Gasteiger partial charge in [-0.1, -0.05) is 0 Å². The van der Waals surface area contributed by atoms with Gasteiger partial charge >= 0.3 is 5.97 Å². The number of aromatic carboxylic acids is 1. The van der Waals surface area contributed by atoms with E-state index in [0.717, 1.165) is 23.0 Å². The Bertz CT molecular complexity index is 784. The fraction of sp³-hybridized carbons (Fsp3) is 0. The maximum absolute atomic E-state index is 11.7. The van der Waals surface area contributed by atoms with Crippen molar-refractivity contribution in [3.8, 4) is 5.69 Å². The lowest BCUT2D eigenvalue weighted by Gasteiger charge is -2.02. The van der Waals surface area contributed by atoms with Crippen LogP contribution < -0.4 is 5.56 Å². The highest BCUT2D eigenvalue weighted by molar-refractivity contribution is 7.85. The van der Waals surface area contributed by atoms with Crippen molar-refractivity contribution in [1.29, 1.82) is 0 Å². The third-order valence-electron chi connectivity index (χ3n) is 2.39. The molecule has 2 aromatic rings. The van der Waals surface area contributed by atoms with Crippen LogP contribution >= 0.6 is 0 Å². The van der Waals surface area contributed by atoms with Crippen LogP contribution in [0, 0.1) is 0 Å². The molecule has 0 aliphatic rings. The van der Waals surface area contributed by atoms with Gasteiger partial charge < -0.3 is 5.11 Å². The van der Waals surface area contributed by atoms with Crippen LogP contribution in [0.1, 0.15) is 10.4 Å². The summed E-state index contributed by atoms with van der Waals surface area (Å²) in [4.78, 5) is 22.1. The first-order valence-corrected chi connectivity index (χ1v) is 6.36. The van der Waals surface area contributed by atoms with Crippen molar-refractivity contribution >= 4 is 16.1 Å². The monoisotopic (exact) mass is 284 g/mol. The first-order chi connectivity index (χ1) is 8.80. The number of nitrogens with zero attached hydrogens (tertiary/aromatic N) is 1. The van der Waals surface area contributed by atoms with Crippen LogP contribution in [0.5, 0.6) is 0 Å². The van der Waals surface area contributed by atoms with Crippen molar-refractivity contribution in [3.63, 3.8) is 0 Å². The molecule has 0 bridgehead atoms. The molecule has 1 aromatic heterocycles. The van der Waals surface area contributed by atoms with Crippen LogP contribution in [-0.2, 0) is 10.1 Å². The summed E-state index contributed by atoms with van der Waals surface area (Å²) in [5.41, 5.74) is -0.962. The molecule has 0 spiro atoms. The Labute approximate surface area is 106 Å². The number of hydrogen-bond acceptors (Lipinski definition) is 4.